The van der Waals surface area contributed by atoms with E-state index in [4.69, 9.17) is 5.11 Å². The van der Waals surface area contributed by atoms with Crippen LogP contribution < -0.4 is 0 Å². The number of likely N-dealkylation sites (tertiary alicyclic amines) is 1. The number of rotatable bonds is 1. The highest BCUT2D eigenvalue weighted by Crippen LogP contribution is 2.15. The second-order valence-electron chi connectivity index (χ2n) is 3.13. The molecule has 0 aromatic heterocycles. The highest BCUT2D eigenvalue weighted by Gasteiger charge is 2.31. The highest BCUT2D eigenvalue weighted by molar-refractivity contribution is 4.84. The zero-order chi connectivity index (χ0) is 7.72. The first-order valence-corrected chi connectivity index (χ1v) is 3.67. The van der Waals surface area contributed by atoms with Crippen LogP contribution in [0, 0.1) is 0 Å². The molecule has 0 aromatic rings. The van der Waals surface area contributed by atoms with Gasteiger partial charge in [0, 0.05) is 19.1 Å². The smallest absolute Gasteiger partial charge is 0.140 e. The van der Waals surface area contributed by atoms with Gasteiger partial charge in [0.2, 0.25) is 0 Å². The third-order valence-electron chi connectivity index (χ3n) is 1.98. The molecule has 1 aliphatic heterocycles. The van der Waals surface area contributed by atoms with Gasteiger partial charge in [-0.3, -0.25) is 4.90 Å². The Hall–Kier alpha value is -0.150. The molecular formula is C7H14FNO. The van der Waals surface area contributed by atoms with Crippen molar-refractivity contribution in [3.05, 3.63) is 0 Å². The van der Waals surface area contributed by atoms with E-state index in [-0.39, 0.29) is 0 Å². The molecular weight excluding hydrogens is 133 g/mol. The maximum Gasteiger partial charge on any atom is 0.140 e. The molecule has 10 heavy (non-hydrogen) atoms. The quantitative estimate of drug-likeness (QED) is 0.580. The fraction of sp³-hybridized carbons (Fsp3) is 1.00. The number of nitrogens with zero attached hydrogens (tertiary/aromatic N) is 1. The van der Waals surface area contributed by atoms with Gasteiger partial charge < -0.3 is 5.11 Å². The molecule has 1 aliphatic rings. The van der Waals surface area contributed by atoms with Gasteiger partial charge in [0.15, 0.2) is 0 Å². The maximum absolute atomic E-state index is 12.6. The lowest BCUT2D eigenvalue weighted by Crippen LogP contribution is -2.29. The van der Waals surface area contributed by atoms with Crippen molar-refractivity contribution < 1.29 is 9.50 Å². The molecule has 1 N–H and O–H groups in total. The van der Waals surface area contributed by atoms with Crippen molar-refractivity contribution in [1.82, 2.24) is 4.90 Å². The average molecular weight is 147 g/mol. The number of β-amino-alcohol motifs (C(OH)–C–C–N with tert-alkyl or cyclic N) is 1. The van der Waals surface area contributed by atoms with Gasteiger partial charge in [-0.1, -0.05) is 0 Å². The van der Waals surface area contributed by atoms with E-state index in [9.17, 15) is 4.39 Å². The number of aliphatic hydroxyl groups excluding tert-OH is 1. The highest BCUT2D eigenvalue weighted by atomic mass is 19.1. The lowest BCUT2D eigenvalue weighted by atomic mass is 10.3. The minimum absolute atomic E-state index is 0.343. The molecule has 1 rings (SSSR count). The van der Waals surface area contributed by atoms with Crippen molar-refractivity contribution in [1.29, 1.82) is 0 Å². The first-order valence-electron chi connectivity index (χ1n) is 3.67. The molecule has 1 heterocycles. The summed E-state index contributed by atoms with van der Waals surface area (Å²) in [5.41, 5.74) is 0. The molecule has 0 unspecified atom stereocenters. The third-order valence-corrected chi connectivity index (χ3v) is 1.98. The van der Waals surface area contributed by atoms with E-state index in [1.54, 1.807) is 0 Å². The van der Waals surface area contributed by atoms with Gasteiger partial charge in [-0.05, 0) is 13.8 Å². The summed E-state index contributed by atoms with van der Waals surface area (Å²) in [5.74, 6) is 0. The van der Waals surface area contributed by atoms with Gasteiger partial charge in [0.1, 0.15) is 6.17 Å². The van der Waals surface area contributed by atoms with Crippen LogP contribution in [0.5, 0.6) is 0 Å². The van der Waals surface area contributed by atoms with Crippen LogP contribution in [-0.4, -0.2) is 41.4 Å². The molecule has 0 saturated carbocycles. The maximum atomic E-state index is 12.6. The van der Waals surface area contributed by atoms with Crippen molar-refractivity contribution in [3.63, 3.8) is 0 Å². The van der Waals surface area contributed by atoms with Gasteiger partial charge >= 0.3 is 0 Å². The van der Waals surface area contributed by atoms with Crippen LogP contribution in [0.25, 0.3) is 0 Å². The zero-order valence-electron chi connectivity index (χ0n) is 6.42. The van der Waals surface area contributed by atoms with E-state index >= 15 is 0 Å². The van der Waals surface area contributed by atoms with Crippen molar-refractivity contribution in [2.24, 2.45) is 0 Å². The minimum atomic E-state index is -1.04. The fourth-order valence-corrected chi connectivity index (χ4v) is 1.20. The Labute approximate surface area is 60.6 Å². The Morgan fingerprint density at radius 3 is 2.30 bits per heavy atom. The van der Waals surface area contributed by atoms with Crippen LogP contribution in [0.15, 0.2) is 0 Å². The molecule has 0 aromatic carbocycles. The van der Waals surface area contributed by atoms with E-state index in [0.29, 0.717) is 19.1 Å². The van der Waals surface area contributed by atoms with Crippen molar-refractivity contribution in [2.45, 2.75) is 32.2 Å². The predicted octanol–water partition coefficient (Wildman–Crippen LogP) is 0.409. The van der Waals surface area contributed by atoms with E-state index < -0.39 is 12.3 Å². The Bertz CT molecular complexity index is 108. The second kappa shape index (κ2) is 2.84. The van der Waals surface area contributed by atoms with Crippen molar-refractivity contribution in [3.8, 4) is 0 Å². The fourth-order valence-electron chi connectivity index (χ4n) is 1.20. The Kier molecular flexibility index (Phi) is 2.26. The first kappa shape index (κ1) is 7.95. The number of halogens is 1. The second-order valence-corrected chi connectivity index (χ2v) is 3.13. The normalized spacial score (nSPS) is 35.7. The van der Waals surface area contributed by atoms with Gasteiger partial charge in [0.25, 0.3) is 0 Å². The monoisotopic (exact) mass is 147 g/mol. The van der Waals surface area contributed by atoms with E-state index in [0.717, 1.165) is 0 Å². The summed E-state index contributed by atoms with van der Waals surface area (Å²) in [6.45, 7) is 4.88. The van der Waals surface area contributed by atoms with E-state index in [2.05, 4.69) is 0 Å². The topological polar surface area (TPSA) is 23.5 Å². The lowest BCUT2D eigenvalue weighted by Gasteiger charge is -2.18. The summed E-state index contributed by atoms with van der Waals surface area (Å²) in [5, 5.41) is 9.00. The first-order chi connectivity index (χ1) is 4.61. The molecule has 0 spiro atoms. The molecule has 0 bridgehead atoms. The van der Waals surface area contributed by atoms with Crippen LogP contribution >= 0.6 is 0 Å². The van der Waals surface area contributed by atoms with E-state index in [1.165, 1.54) is 0 Å². The Balaban J connectivity index is 2.41. The SMILES string of the molecule is CC(C)N1C[C@@H](O)[C@@H](F)C1. The summed E-state index contributed by atoms with van der Waals surface area (Å²) >= 11 is 0. The summed E-state index contributed by atoms with van der Waals surface area (Å²) < 4.78 is 12.6. The van der Waals surface area contributed by atoms with Gasteiger partial charge in [-0.2, -0.15) is 0 Å². The molecule has 3 heteroatoms. The molecule has 0 amide bonds. The van der Waals surface area contributed by atoms with Gasteiger partial charge in [-0.15, -0.1) is 0 Å². The van der Waals surface area contributed by atoms with Gasteiger partial charge in [-0.25, -0.2) is 4.39 Å². The lowest BCUT2D eigenvalue weighted by molar-refractivity contribution is 0.115. The van der Waals surface area contributed by atoms with Crippen molar-refractivity contribution in [2.75, 3.05) is 13.1 Å². The number of hydrogen-bond acceptors (Lipinski definition) is 2. The number of hydrogen-bond donors (Lipinski definition) is 1. The molecule has 2 atom stereocenters. The summed E-state index contributed by atoms with van der Waals surface area (Å²) in [6.07, 6.45) is -1.80. The number of alkyl halides is 1. The summed E-state index contributed by atoms with van der Waals surface area (Å²) in [7, 11) is 0. The molecule has 0 radical (unpaired) electrons. The predicted molar refractivity (Wildman–Crippen MR) is 37.6 cm³/mol. The Morgan fingerprint density at radius 2 is 2.10 bits per heavy atom. The van der Waals surface area contributed by atoms with Crippen LogP contribution in [-0.2, 0) is 0 Å². The minimum Gasteiger partial charge on any atom is -0.389 e. The molecule has 2 nitrogen and oxygen atoms in total. The van der Waals surface area contributed by atoms with Crippen molar-refractivity contribution >= 4 is 0 Å². The number of aliphatic hydroxyl groups is 1. The zero-order valence-corrected chi connectivity index (χ0v) is 6.42. The molecule has 1 saturated heterocycles. The molecule has 1 fully saturated rings. The third kappa shape index (κ3) is 1.47. The van der Waals surface area contributed by atoms with E-state index in [1.807, 2.05) is 18.7 Å². The Morgan fingerprint density at radius 1 is 1.50 bits per heavy atom. The molecule has 60 valence electrons. The van der Waals surface area contributed by atoms with Crippen LogP contribution in [0.1, 0.15) is 13.8 Å². The largest absolute Gasteiger partial charge is 0.389 e. The summed E-state index contributed by atoms with van der Waals surface area (Å²) in [4.78, 5) is 1.94. The molecule has 0 aliphatic carbocycles. The van der Waals surface area contributed by atoms with Crippen LogP contribution in [0.4, 0.5) is 4.39 Å². The van der Waals surface area contributed by atoms with Crippen LogP contribution in [0.2, 0.25) is 0 Å². The average Bonchev–Trinajstić information content (AvgIpc) is 2.13. The summed E-state index contributed by atoms with van der Waals surface area (Å²) in [6, 6.07) is 0.343. The van der Waals surface area contributed by atoms with Gasteiger partial charge in [0.05, 0.1) is 6.10 Å². The standard InChI is InChI=1S/C7H14FNO/c1-5(2)9-3-6(8)7(10)4-9/h5-7,10H,3-4H2,1-2H3/t6-,7+/m0/s1. The van der Waals surface area contributed by atoms with Crippen LogP contribution in [0.3, 0.4) is 0 Å².